The molecule has 2 fully saturated rings. The molecule has 1 unspecified atom stereocenters. The number of piperidine rings is 2. The molecule has 1 aromatic carbocycles. The molecule has 0 saturated carbocycles. The molecule has 10 N–H and O–H groups in total. The van der Waals surface area contributed by atoms with E-state index in [1.807, 2.05) is 40.1 Å². The number of aliphatic hydroxyl groups excluding tert-OH is 1. The van der Waals surface area contributed by atoms with Crippen molar-refractivity contribution < 1.29 is 5.11 Å². The van der Waals surface area contributed by atoms with Crippen LogP contribution in [0.15, 0.2) is 30.3 Å². The van der Waals surface area contributed by atoms with Gasteiger partial charge in [0, 0.05) is 50.3 Å². The second kappa shape index (κ2) is 9.92. The Morgan fingerprint density at radius 2 is 1.28 bits per heavy atom. The number of nitrogens with one attached hydrogen (secondary N) is 1. The molecule has 0 spiro atoms. The van der Waals surface area contributed by atoms with Gasteiger partial charge in [-0.1, -0.05) is 30.3 Å². The fourth-order valence-corrected chi connectivity index (χ4v) is 4.46. The molecule has 2 aliphatic heterocycles. The minimum atomic E-state index is -0.365. The van der Waals surface area contributed by atoms with Crippen molar-refractivity contribution in [1.82, 2.24) is 15.0 Å². The summed E-state index contributed by atoms with van der Waals surface area (Å²) in [6, 6.07) is 9.10. The molecule has 32 heavy (non-hydrogen) atoms. The maximum Gasteiger partial charge on any atom is 0.232 e. The monoisotopic (exact) mass is 442 g/mol. The maximum absolute atomic E-state index is 10.00. The standard InChI is InChI=1S/C21H34N10O/c22-14-6-15(23)9-30(8-14)20-27-19(26-18(12-32)13-4-2-1-3-5-13)28-21(29-20)31-10-16(24)7-17(25)11-31/h1-5,14-18,32H,6-12,22-25H2,(H,26,27,28,29)/t14-,15+,16-,17+,18?. The highest BCUT2D eigenvalue weighted by Gasteiger charge is 2.29. The van der Waals surface area contributed by atoms with Crippen LogP contribution in [0.4, 0.5) is 17.8 Å². The highest BCUT2D eigenvalue weighted by atomic mass is 16.3. The Hall–Kier alpha value is -2.57. The summed E-state index contributed by atoms with van der Waals surface area (Å²) in [5.74, 6) is 1.37. The Balaban J connectivity index is 1.66. The number of anilines is 3. The molecule has 11 nitrogen and oxygen atoms in total. The van der Waals surface area contributed by atoms with Gasteiger partial charge in [0.2, 0.25) is 17.8 Å². The number of benzene rings is 1. The van der Waals surface area contributed by atoms with Crippen molar-refractivity contribution >= 4 is 17.8 Å². The molecule has 2 saturated heterocycles. The number of nitrogens with two attached hydrogens (primary N) is 4. The van der Waals surface area contributed by atoms with E-state index in [-0.39, 0.29) is 36.8 Å². The van der Waals surface area contributed by atoms with Crippen molar-refractivity contribution in [2.75, 3.05) is 47.9 Å². The van der Waals surface area contributed by atoms with E-state index in [0.717, 1.165) is 18.4 Å². The largest absolute Gasteiger partial charge is 0.394 e. The average molecular weight is 443 g/mol. The normalized spacial score (nSPS) is 27.3. The first-order valence-corrected chi connectivity index (χ1v) is 11.1. The number of rotatable bonds is 6. The van der Waals surface area contributed by atoms with E-state index in [0.29, 0.717) is 44.0 Å². The Bertz CT molecular complexity index is 820. The number of aliphatic hydroxyl groups is 1. The van der Waals surface area contributed by atoms with Crippen molar-refractivity contribution in [3.63, 3.8) is 0 Å². The maximum atomic E-state index is 10.00. The van der Waals surface area contributed by atoms with Gasteiger partial charge in [-0.05, 0) is 18.4 Å². The van der Waals surface area contributed by atoms with E-state index in [1.54, 1.807) is 0 Å². The van der Waals surface area contributed by atoms with Gasteiger partial charge in [0.25, 0.3) is 0 Å². The van der Waals surface area contributed by atoms with Gasteiger partial charge < -0.3 is 43.2 Å². The lowest BCUT2D eigenvalue weighted by Crippen LogP contribution is -2.54. The zero-order valence-electron chi connectivity index (χ0n) is 18.2. The molecule has 2 aromatic rings. The highest BCUT2D eigenvalue weighted by molar-refractivity contribution is 5.47. The predicted molar refractivity (Wildman–Crippen MR) is 125 cm³/mol. The highest BCUT2D eigenvalue weighted by Crippen LogP contribution is 2.24. The van der Waals surface area contributed by atoms with Crippen molar-refractivity contribution in [3.8, 4) is 0 Å². The van der Waals surface area contributed by atoms with Crippen molar-refractivity contribution in [1.29, 1.82) is 0 Å². The van der Waals surface area contributed by atoms with Crippen LogP contribution in [0, 0.1) is 0 Å². The molecule has 11 heteroatoms. The number of hydrogen-bond donors (Lipinski definition) is 6. The molecule has 3 heterocycles. The van der Waals surface area contributed by atoms with Gasteiger partial charge in [0.1, 0.15) is 0 Å². The third-order valence-corrected chi connectivity index (χ3v) is 5.90. The average Bonchev–Trinajstić information content (AvgIpc) is 2.76. The molecule has 174 valence electrons. The van der Waals surface area contributed by atoms with Crippen molar-refractivity contribution in [2.24, 2.45) is 22.9 Å². The third-order valence-electron chi connectivity index (χ3n) is 5.90. The molecule has 0 aliphatic carbocycles. The topological polar surface area (TPSA) is 181 Å². The van der Waals surface area contributed by atoms with E-state index < -0.39 is 0 Å². The summed E-state index contributed by atoms with van der Waals surface area (Å²) >= 11 is 0. The van der Waals surface area contributed by atoms with Crippen molar-refractivity contribution in [2.45, 2.75) is 43.1 Å². The van der Waals surface area contributed by atoms with Gasteiger partial charge in [-0.25, -0.2) is 0 Å². The van der Waals surface area contributed by atoms with Crippen LogP contribution in [0.1, 0.15) is 24.4 Å². The summed E-state index contributed by atoms with van der Waals surface area (Å²) in [6.07, 6.45) is 1.52. The zero-order chi connectivity index (χ0) is 22.7. The summed E-state index contributed by atoms with van der Waals surface area (Å²) < 4.78 is 0. The second-order valence-corrected chi connectivity index (χ2v) is 8.87. The lowest BCUT2D eigenvalue weighted by Gasteiger charge is -2.37. The summed E-state index contributed by atoms with van der Waals surface area (Å²) in [6.45, 7) is 2.32. The Morgan fingerprint density at radius 3 is 1.72 bits per heavy atom. The first-order valence-electron chi connectivity index (χ1n) is 11.1. The number of nitrogens with zero attached hydrogens (tertiary/aromatic N) is 5. The molecule has 0 amide bonds. The fourth-order valence-electron chi connectivity index (χ4n) is 4.46. The number of aromatic nitrogens is 3. The van der Waals surface area contributed by atoms with Crippen LogP contribution in [-0.4, -0.2) is 77.0 Å². The lowest BCUT2D eigenvalue weighted by atomic mass is 10.0. The lowest BCUT2D eigenvalue weighted by molar-refractivity contribution is 0.276. The Labute approximate surface area is 188 Å². The van der Waals surface area contributed by atoms with E-state index in [4.69, 9.17) is 27.9 Å². The quantitative estimate of drug-likeness (QED) is 0.314. The molecule has 2 aliphatic rings. The van der Waals surface area contributed by atoms with Gasteiger partial charge in [0.15, 0.2) is 0 Å². The van der Waals surface area contributed by atoms with Crippen LogP contribution >= 0.6 is 0 Å². The minimum Gasteiger partial charge on any atom is -0.394 e. The third kappa shape index (κ3) is 5.43. The first-order chi connectivity index (χ1) is 15.4. The second-order valence-electron chi connectivity index (χ2n) is 8.87. The molecule has 1 aromatic heterocycles. The van der Waals surface area contributed by atoms with Gasteiger partial charge >= 0.3 is 0 Å². The summed E-state index contributed by atoms with van der Waals surface area (Å²) in [7, 11) is 0. The minimum absolute atomic E-state index is 0.0540. The SMILES string of the molecule is N[C@@H]1C[C@H](N)CN(c2nc(NC(CO)c3ccccc3)nc(N3C[C@H](N)C[C@H](N)C3)n2)C1. The van der Waals surface area contributed by atoms with Gasteiger partial charge in [-0.3, -0.25) is 0 Å². The van der Waals surface area contributed by atoms with Crippen LogP contribution in [-0.2, 0) is 0 Å². The van der Waals surface area contributed by atoms with Crippen LogP contribution < -0.4 is 38.1 Å². The van der Waals surface area contributed by atoms with E-state index in [2.05, 4.69) is 15.3 Å². The van der Waals surface area contributed by atoms with E-state index >= 15 is 0 Å². The van der Waals surface area contributed by atoms with Crippen LogP contribution in [0.3, 0.4) is 0 Å². The Morgan fingerprint density at radius 1 is 0.812 bits per heavy atom. The fraction of sp³-hybridized carbons (Fsp3) is 0.571. The van der Waals surface area contributed by atoms with Crippen LogP contribution in [0.5, 0.6) is 0 Å². The van der Waals surface area contributed by atoms with E-state index in [1.165, 1.54) is 0 Å². The summed E-state index contributed by atoms with van der Waals surface area (Å²) in [5.41, 5.74) is 25.7. The van der Waals surface area contributed by atoms with Gasteiger partial charge in [0.05, 0.1) is 12.6 Å². The van der Waals surface area contributed by atoms with Gasteiger partial charge in [-0.15, -0.1) is 0 Å². The van der Waals surface area contributed by atoms with Gasteiger partial charge in [-0.2, -0.15) is 15.0 Å². The molecular formula is C21H34N10O. The molecule has 0 radical (unpaired) electrons. The predicted octanol–water partition coefficient (Wildman–Crippen LogP) is -1.25. The number of hydrogen-bond acceptors (Lipinski definition) is 11. The summed E-state index contributed by atoms with van der Waals surface area (Å²) in [5, 5.41) is 13.3. The van der Waals surface area contributed by atoms with Crippen LogP contribution in [0.25, 0.3) is 0 Å². The van der Waals surface area contributed by atoms with E-state index in [9.17, 15) is 5.11 Å². The summed E-state index contributed by atoms with van der Waals surface area (Å²) in [4.78, 5) is 18.0. The molecule has 0 bridgehead atoms. The molecule has 4 rings (SSSR count). The molecule has 5 atom stereocenters. The first kappa shape index (κ1) is 22.6. The smallest absolute Gasteiger partial charge is 0.232 e. The van der Waals surface area contributed by atoms with Crippen LogP contribution in [0.2, 0.25) is 0 Å². The molecular weight excluding hydrogens is 408 g/mol. The zero-order valence-corrected chi connectivity index (χ0v) is 18.2. The van der Waals surface area contributed by atoms with Crippen molar-refractivity contribution in [3.05, 3.63) is 35.9 Å². The Kier molecular flexibility index (Phi) is 7.01.